The number of ether oxygens (including phenoxy) is 1. The van der Waals surface area contributed by atoms with Gasteiger partial charge in [0.25, 0.3) is 11.5 Å². The highest BCUT2D eigenvalue weighted by Crippen LogP contribution is 2.33. The van der Waals surface area contributed by atoms with Crippen LogP contribution in [-0.2, 0) is 6.42 Å². The molecule has 0 bridgehead atoms. The van der Waals surface area contributed by atoms with Crippen LogP contribution in [0, 0.1) is 17.0 Å². The van der Waals surface area contributed by atoms with Crippen LogP contribution in [0.4, 0.5) is 8.78 Å². The van der Waals surface area contributed by atoms with Crippen molar-refractivity contribution < 1.29 is 23.1 Å². The van der Waals surface area contributed by atoms with Crippen molar-refractivity contribution in [2.75, 3.05) is 6.61 Å². The van der Waals surface area contributed by atoms with Crippen LogP contribution >= 0.6 is 0 Å². The summed E-state index contributed by atoms with van der Waals surface area (Å²) in [5, 5.41) is 2.58. The molecular weight excluding hydrogens is 382 g/mol. The second-order valence-corrected chi connectivity index (χ2v) is 8.11. The van der Waals surface area contributed by atoms with Crippen LogP contribution in [0.5, 0.6) is 5.75 Å². The first-order valence-corrected chi connectivity index (χ1v) is 9.24. The smallest absolute Gasteiger partial charge is 0.261 e. The quantitative estimate of drug-likeness (QED) is 0.802. The van der Waals surface area contributed by atoms with E-state index >= 15 is 0 Å². The van der Waals surface area contributed by atoms with Crippen molar-refractivity contribution in [1.29, 1.82) is 0 Å². The molecule has 0 saturated heterocycles. The Morgan fingerprint density at radius 3 is 2.66 bits per heavy atom. The number of carbonyl (C=O) groups excluding carboxylic acids is 2. The summed E-state index contributed by atoms with van der Waals surface area (Å²) in [6.45, 7) is 5.40. The van der Waals surface area contributed by atoms with Crippen molar-refractivity contribution in [2.45, 2.75) is 39.7 Å². The molecule has 0 fully saturated rings. The van der Waals surface area contributed by atoms with Crippen molar-refractivity contribution >= 4 is 11.7 Å². The fraction of sp³-hybridized carbons (Fsp3) is 0.381. The summed E-state index contributed by atoms with van der Waals surface area (Å²) in [7, 11) is 0. The average molecular weight is 404 g/mol. The van der Waals surface area contributed by atoms with Crippen molar-refractivity contribution in [3.63, 3.8) is 0 Å². The summed E-state index contributed by atoms with van der Waals surface area (Å²) in [5.74, 6) is -2.50. The molecule has 1 aromatic carbocycles. The molecule has 0 saturated carbocycles. The zero-order valence-corrected chi connectivity index (χ0v) is 16.4. The summed E-state index contributed by atoms with van der Waals surface area (Å²) in [4.78, 5) is 39.9. The lowest BCUT2D eigenvalue weighted by Crippen LogP contribution is -2.40. The molecule has 29 heavy (non-hydrogen) atoms. The number of nitrogens with one attached hydrogen (secondary N) is 2. The van der Waals surface area contributed by atoms with Gasteiger partial charge in [0.1, 0.15) is 18.0 Å². The summed E-state index contributed by atoms with van der Waals surface area (Å²) >= 11 is 0. The summed E-state index contributed by atoms with van der Waals surface area (Å²) in [6.07, 6.45) is 0.874. The van der Waals surface area contributed by atoms with Gasteiger partial charge in [0.2, 0.25) is 0 Å². The number of fused-ring (bicyclic) bond motifs is 1. The van der Waals surface area contributed by atoms with Gasteiger partial charge in [-0.3, -0.25) is 14.4 Å². The number of amides is 1. The van der Waals surface area contributed by atoms with E-state index in [1.807, 2.05) is 13.8 Å². The maximum absolute atomic E-state index is 13.6. The molecule has 1 atom stereocenters. The molecule has 1 unspecified atom stereocenters. The zero-order valence-electron chi connectivity index (χ0n) is 16.4. The van der Waals surface area contributed by atoms with Crippen LogP contribution in [0.1, 0.15) is 53.6 Å². The molecular formula is C21H22F2N2O4. The van der Waals surface area contributed by atoms with E-state index in [1.165, 1.54) is 6.07 Å². The minimum absolute atomic E-state index is 0.0930. The maximum Gasteiger partial charge on any atom is 0.261 e. The van der Waals surface area contributed by atoms with Gasteiger partial charge >= 0.3 is 0 Å². The molecule has 0 spiro atoms. The van der Waals surface area contributed by atoms with Gasteiger partial charge in [-0.2, -0.15) is 0 Å². The molecule has 0 aliphatic heterocycles. The SMILES string of the molecule is CC(COc1ccc(F)cc1F)NC(=O)c1cc2c([nH]c1=O)CC(C)(C)CC2=O. The Hall–Kier alpha value is -3.03. The van der Waals surface area contributed by atoms with Crippen LogP contribution < -0.4 is 15.6 Å². The molecule has 1 aliphatic rings. The third-order valence-corrected chi connectivity index (χ3v) is 4.72. The predicted octanol–water partition coefficient (Wildman–Crippen LogP) is 3.01. The Morgan fingerprint density at radius 1 is 1.24 bits per heavy atom. The molecule has 154 valence electrons. The molecule has 1 heterocycles. The first kappa shape index (κ1) is 20.7. The molecule has 3 rings (SSSR count). The van der Waals surface area contributed by atoms with Crippen molar-refractivity contribution in [3.8, 4) is 5.75 Å². The minimum Gasteiger partial charge on any atom is -0.488 e. The van der Waals surface area contributed by atoms with E-state index in [9.17, 15) is 23.2 Å². The van der Waals surface area contributed by atoms with E-state index < -0.39 is 29.1 Å². The van der Waals surface area contributed by atoms with Crippen LogP contribution in [-0.4, -0.2) is 29.3 Å². The number of aromatic nitrogens is 1. The van der Waals surface area contributed by atoms with E-state index in [-0.39, 0.29) is 29.1 Å². The van der Waals surface area contributed by atoms with Gasteiger partial charge in [-0.15, -0.1) is 0 Å². The Balaban J connectivity index is 1.70. The second-order valence-electron chi connectivity index (χ2n) is 8.11. The number of aromatic amines is 1. The highest BCUT2D eigenvalue weighted by atomic mass is 19.1. The van der Waals surface area contributed by atoms with Crippen LogP contribution in [0.2, 0.25) is 0 Å². The molecule has 6 nitrogen and oxygen atoms in total. The Kier molecular flexibility index (Phi) is 5.55. The summed E-state index contributed by atoms with van der Waals surface area (Å²) in [5.41, 5.74) is -0.110. The number of pyridine rings is 1. The van der Waals surface area contributed by atoms with Crippen LogP contribution in [0.15, 0.2) is 29.1 Å². The number of hydrogen-bond acceptors (Lipinski definition) is 4. The van der Waals surface area contributed by atoms with Crippen LogP contribution in [0.25, 0.3) is 0 Å². The topological polar surface area (TPSA) is 88.3 Å². The van der Waals surface area contributed by atoms with Gasteiger partial charge in [0.15, 0.2) is 17.3 Å². The number of ketones is 1. The molecule has 1 aliphatic carbocycles. The second kappa shape index (κ2) is 7.77. The standard InChI is InChI=1S/C21H22F2N2O4/c1-11(10-29-18-5-4-12(22)6-15(18)23)24-19(27)14-7-13-16(25-20(14)28)8-21(2,3)9-17(13)26/h4-7,11H,8-10H2,1-3H3,(H,24,27)(H,25,28). The highest BCUT2D eigenvalue weighted by molar-refractivity contribution is 6.02. The number of Topliss-reactive ketones (excluding diaryl/α,β-unsaturated/α-hetero) is 1. The highest BCUT2D eigenvalue weighted by Gasteiger charge is 2.32. The lowest BCUT2D eigenvalue weighted by molar-refractivity contribution is 0.0910. The Labute approximate surface area is 166 Å². The first-order valence-electron chi connectivity index (χ1n) is 9.24. The Morgan fingerprint density at radius 2 is 1.97 bits per heavy atom. The molecule has 1 aromatic heterocycles. The van der Waals surface area contributed by atoms with Crippen molar-refractivity contribution in [1.82, 2.24) is 10.3 Å². The third-order valence-electron chi connectivity index (χ3n) is 4.72. The molecule has 8 heteroatoms. The van der Waals surface area contributed by atoms with E-state index in [2.05, 4.69) is 10.3 Å². The van der Waals surface area contributed by atoms with E-state index in [0.29, 0.717) is 30.2 Å². The number of carbonyl (C=O) groups is 2. The zero-order chi connectivity index (χ0) is 21.3. The minimum atomic E-state index is -0.851. The number of benzene rings is 1. The number of hydrogen-bond donors (Lipinski definition) is 2. The fourth-order valence-electron chi connectivity index (χ4n) is 3.35. The van der Waals surface area contributed by atoms with Crippen LogP contribution in [0.3, 0.4) is 0 Å². The molecule has 0 radical (unpaired) electrons. The predicted molar refractivity (Wildman–Crippen MR) is 102 cm³/mol. The van der Waals surface area contributed by atoms with Gasteiger partial charge in [0.05, 0.1) is 6.04 Å². The first-order chi connectivity index (χ1) is 13.6. The maximum atomic E-state index is 13.6. The van der Waals surface area contributed by atoms with Crippen molar-refractivity contribution in [3.05, 3.63) is 63.1 Å². The van der Waals surface area contributed by atoms with E-state index in [0.717, 1.165) is 12.1 Å². The Bertz CT molecular complexity index is 1030. The van der Waals surface area contributed by atoms with Gasteiger partial charge in [-0.25, -0.2) is 8.78 Å². The largest absolute Gasteiger partial charge is 0.488 e. The fourth-order valence-corrected chi connectivity index (χ4v) is 3.35. The van der Waals surface area contributed by atoms with Gasteiger partial charge in [-0.1, -0.05) is 13.8 Å². The molecule has 2 N–H and O–H groups in total. The number of rotatable bonds is 5. The lowest BCUT2D eigenvalue weighted by Gasteiger charge is -2.29. The lowest BCUT2D eigenvalue weighted by atomic mass is 9.75. The number of halogens is 2. The molecule has 2 aromatic rings. The van der Waals surface area contributed by atoms with E-state index in [4.69, 9.17) is 4.74 Å². The monoisotopic (exact) mass is 404 g/mol. The number of H-pyrrole nitrogens is 1. The summed E-state index contributed by atoms with van der Waals surface area (Å²) < 4.78 is 31.8. The van der Waals surface area contributed by atoms with Crippen molar-refractivity contribution in [2.24, 2.45) is 5.41 Å². The average Bonchev–Trinajstić information content (AvgIpc) is 2.59. The third kappa shape index (κ3) is 4.70. The van der Waals surface area contributed by atoms with Gasteiger partial charge in [-0.05, 0) is 37.0 Å². The van der Waals surface area contributed by atoms with Gasteiger partial charge < -0.3 is 15.0 Å². The normalized spacial score (nSPS) is 16.1. The molecule has 1 amide bonds. The van der Waals surface area contributed by atoms with E-state index in [1.54, 1.807) is 6.92 Å². The summed E-state index contributed by atoms with van der Waals surface area (Å²) in [6, 6.07) is 3.67. The van der Waals surface area contributed by atoms with Gasteiger partial charge in [0, 0.05) is 23.7 Å².